The lowest BCUT2D eigenvalue weighted by atomic mass is 10.3. The molecule has 0 aromatic carbocycles. The summed E-state index contributed by atoms with van der Waals surface area (Å²) in [4.78, 5) is 3.01. The third-order valence-corrected chi connectivity index (χ3v) is 1.58. The van der Waals surface area contributed by atoms with Gasteiger partial charge in [0.1, 0.15) is 6.07 Å². The van der Waals surface area contributed by atoms with E-state index in [1.165, 1.54) is 0 Å². The first-order chi connectivity index (χ1) is 5.90. The number of nitrogens with one attached hydrogen (secondary N) is 2. The van der Waals surface area contributed by atoms with Gasteiger partial charge in [-0.05, 0) is 12.1 Å². The molecular weight excluding hydrogens is 152 g/mol. The van der Waals surface area contributed by atoms with Gasteiger partial charge >= 0.3 is 0 Å². The highest BCUT2D eigenvalue weighted by molar-refractivity contribution is 5.55. The van der Waals surface area contributed by atoms with Gasteiger partial charge < -0.3 is 4.98 Å². The minimum atomic E-state index is 0.402. The van der Waals surface area contributed by atoms with Crippen LogP contribution in [-0.4, -0.2) is 15.2 Å². The Hall–Kier alpha value is -2.02. The summed E-state index contributed by atoms with van der Waals surface area (Å²) in [5.41, 5.74) is 2.17. The molecule has 2 aromatic heterocycles. The van der Waals surface area contributed by atoms with Crippen LogP contribution in [0.2, 0.25) is 0 Å². The highest BCUT2D eigenvalue weighted by Crippen LogP contribution is 2.13. The zero-order chi connectivity index (χ0) is 8.39. The molecule has 0 spiro atoms. The highest BCUT2D eigenvalue weighted by Gasteiger charge is 2.01. The Morgan fingerprint density at radius 3 is 2.92 bits per heavy atom. The quantitative estimate of drug-likeness (QED) is 0.656. The van der Waals surface area contributed by atoms with Gasteiger partial charge in [-0.15, -0.1) is 0 Å². The second-order valence-corrected chi connectivity index (χ2v) is 2.36. The first-order valence-electron chi connectivity index (χ1n) is 3.49. The fourth-order valence-corrected chi connectivity index (χ4v) is 1.01. The second kappa shape index (κ2) is 2.55. The van der Waals surface area contributed by atoms with Crippen molar-refractivity contribution in [2.24, 2.45) is 0 Å². The molecule has 0 aliphatic carbocycles. The molecule has 2 rings (SSSR count). The maximum absolute atomic E-state index is 8.51. The van der Waals surface area contributed by atoms with E-state index in [1.54, 1.807) is 6.07 Å². The second-order valence-electron chi connectivity index (χ2n) is 2.36. The minimum absolute atomic E-state index is 0.402. The van der Waals surface area contributed by atoms with Gasteiger partial charge in [0.15, 0.2) is 5.69 Å². The molecule has 4 nitrogen and oxygen atoms in total. The van der Waals surface area contributed by atoms with Gasteiger partial charge in [-0.2, -0.15) is 10.4 Å². The smallest absolute Gasteiger partial charge is 0.162 e. The van der Waals surface area contributed by atoms with Crippen molar-refractivity contribution in [1.82, 2.24) is 15.2 Å². The zero-order valence-corrected chi connectivity index (χ0v) is 6.20. The molecule has 0 fully saturated rings. The van der Waals surface area contributed by atoms with Crippen molar-refractivity contribution in [2.45, 2.75) is 0 Å². The number of aromatic nitrogens is 3. The van der Waals surface area contributed by atoms with Crippen LogP contribution in [0.25, 0.3) is 11.4 Å². The molecule has 0 aliphatic heterocycles. The van der Waals surface area contributed by atoms with Gasteiger partial charge in [0.2, 0.25) is 0 Å². The van der Waals surface area contributed by atoms with Crippen LogP contribution in [0.3, 0.4) is 0 Å². The standard InChI is InChI=1S/C8H6N4/c9-5-6-4-8(12-11-6)7-2-1-3-10-7/h1-4,10H,(H,11,12). The van der Waals surface area contributed by atoms with E-state index >= 15 is 0 Å². The Bertz CT molecular complexity index is 404. The Balaban J connectivity index is 2.44. The molecule has 0 saturated carbocycles. The van der Waals surface area contributed by atoms with Gasteiger partial charge in [0.25, 0.3) is 0 Å². The lowest BCUT2D eigenvalue weighted by Gasteiger charge is -1.87. The predicted molar refractivity (Wildman–Crippen MR) is 43.1 cm³/mol. The monoisotopic (exact) mass is 158 g/mol. The van der Waals surface area contributed by atoms with Crippen LogP contribution in [0.5, 0.6) is 0 Å². The van der Waals surface area contributed by atoms with Crippen molar-refractivity contribution >= 4 is 0 Å². The van der Waals surface area contributed by atoms with E-state index in [0.29, 0.717) is 5.69 Å². The molecule has 12 heavy (non-hydrogen) atoms. The maximum atomic E-state index is 8.51. The largest absolute Gasteiger partial charge is 0.360 e. The third kappa shape index (κ3) is 0.974. The summed E-state index contributed by atoms with van der Waals surface area (Å²) in [6, 6.07) is 7.46. The van der Waals surface area contributed by atoms with Crippen LogP contribution < -0.4 is 0 Å². The van der Waals surface area contributed by atoms with E-state index in [1.807, 2.05) is 24.4 Å². The number of hydrogen-bond donors (Lipinski definition) is 2. The first-order valence-corrected chi connectivity index (χ1v) is 3.49. The van der Waals surface area contributed by atoms with Crippen LogP contribution in [0.15, 0.2) is 24.4 Å². The summed E-state index contributed by atoms with van der Waals surface area (Å²) >= 11 is 0. The Morgan fingerprint density at radius 2 is 2.33 bits per heavy atom. The van der Waals surface area contributed by atoms with Gasteiger partial charge in [-0.1, -0.05) is 0 Å². The number of H-pyrrole nitrogens is 2. The maximum Gasteiger partial charge on any atom is 0.162 e. The topological polar surface area (TPSA) is 68.3 Å². The molecule has 0 radical (unpaired) electrons. The molecule has 0 atom stereocenters. The van der Waals surface area contributed by atoms with E-state index in [0.717, 1.165) is 11.4 Å². The summed E-state index contributed by atoms with van der Waals surface area (Å²) in [6.07, 6.45) is 1.82. The summed E-state index contributed by atoms with van der Waals surface area (Å²) in [6.45, 7) is 0. The van der Waals surface area contributed by atoms with Crippen LogP contribution in [-0.2, 0) is 0 Å². The summed E-state index contributed by atoms with van der Waals surface area (Å²) < 4.78 is 0. The molecular formula is C8H6N4. The van der Waals surface area contributed by atoms with E-state index < -0.39 is 0 Å². The number of aromatic amines is 2. The highest BCUT2D eigenvalue weighted by atomic mass is 15.1. The van der Waals surface area contributed by atoms with Crippen LogP contribution in [0.1, 0.15) is 5.69 Å². The van der Waals surface area contributed by atoms with Crippen LogP contribution in [0.4, 0.5) is 0 Å². The van der Waals surface area contributed by atoms with Gasteiger partial charge in [0.05, 0.1) is 11.4 Å². The van der Waals surface area contributed by atoms with Crippen LogP contribution >= 0.6 is 0 Å². The van der Waals surface area contributed by atoms with Crippen LogP contribution in [0, 0.1) is 11.3 Å². The Kier molecular flexibility index (Phi) is 1.42. The summed E-state index contributed by atoms with van der Waals surface area (Å²) in [5.74, 6) is 0. The molecule has 0 amide bonds. The van der Waals surface area contributed by atoms with Crippen molar-refractivity contribution in [2.75, 3.05) is 0 Å². The lowest BCUT2D eigenvalue weighted by molar-refractivity contribution is 1.07. The first kappa shape index (κ1) is 6.68. The summed E-state index contributed by atoms with van der Waals surface area (Å²) in [7, 11) is 0. The Labute approximate surface area is 68.9 Å². The SMILES string of the molecule is N#Cc1cc(-c2ccc[nH]2)[nH]n1. The minimum Gasteiger partial charge on any atom is -0.360 e. The molecule has 0 bridgehead atoms. The molecule has 2 N–H and O–H groups in total. The molecule has 4 heteroatoms. The van der Waals surface area contributed by atoms with Gasteiger partial charge in [-0.3, -0.25) is 5.10 Å². The Morgan fingerprint density at radius 1 is 1.42 bits per heavy atom. The summed E-state index contributed by atoms with van der Waals surface area (Å²) in [5, 5.41) is 15.0. The van der Waals surface area contributed by atoms with Crippen molar-refractivity contribution in [3.8, 4) is 17.5 Å². The third-order valence-electron chi connectivity index (χ3n) is 1.58. The predicted octanol–water partition coefficient (Wildman–Crippen LogP) is 1.28. The molecule has 0 aliphatic rings. The molecule has 2 aromatic rings. The van der Waals surface area contributed by atoms with E-state index in [-0.39, 0.29) is 0 Å². The number of nitriles is 1. The zero-order valence-electron chi connectivity index (χ0n) is 6.20. The van der Waals surface area contributed by atoms with E-state index in [2.05, 4.69) is 15.2 Å². The van der Waals surface area contributed by atoms with Crippen molar-refractivity contribution in [3.05, 3.63) is 30.1 Å². The lowest BCUT2D eigenvalue weighted by Crippen LogP contribution is -1.75. The number of rotatable bonds is 1. The average Bonchev–Trinajstić information content (AvgIpc) is 2.75. The molecule has 58 valence electrons. The fraction of sp³-hybridized carbons (Fsp3) is 0. The average molecular weight is 158 g/mol. The number of hydrogen-bond acceptors (Lipinski definition) is 2. The van der Waals surface area contributed by atoms with E-state index in [4.69, 9.17) is 5.26 Å². The molecule has 0 saturated heterocycles. The van der Waals surface area contributed by atoms with Crippen molar-refractivity contribution in [3.63, 3.8) is 0 Å². The van der Waals surface area contributed by atoms with Gasteiger partial charge in [0, 0.05) is 12.3 Å². The van der Waals surface area contributed by atoms with Gasteiger partial charge in [-0.25, -0.2) is 0 Å². The van der Waals surface area contributed by atoms with Crippen molar-refractivity contribution in [1.29, 1.82) is 5.26 Å². The molecule has 2 heterocycles. The molecule has 0 unspecified atom stereocenters. The van der Waals surface area contributed by atoms with E-state index in [9.17, 15) is 0 Å². The van der Waals surface area contributed by atoms with Crippen molar-refractivity contribution < 1.29 is 0 Å². The fourth-order valence-electron chi connectivity index (χ4n) is 1.01. The normalized spacial score (nSPS) is 9.58. The number of nitrogens with zero attached hydrogens (tertiary/aromatic N) is 2.